The van der Waals surface area contributed by atoms with E-state index in [1.54, 1.807) is 0 Å². The van der Waals surface area contributed by atoms with Crippen molar-refractivity contribution in [1.82, 2.24) is 9.38 Å². The number of Topliss-reactive ketones (excluding diaryl/α,β-unsaturated/α-hetero) is 1. The van der Waals surface area contributed by atoms with Crippen LogP contribution < -0.4 is 0 Å². The van der Waals surface area contributed by atoms with E-state index in [9.17, 15) is 4.79 Å². The first-order valence-corrected chi connectivity index (χ1v) is 5.04. The maximum absolute atomic E-state index is 11.2. The standard InChI is InChI=1S/C10H9BrN2O/c1-6-10(7(2)14)12-9-4-3-8(11)5-13(6)9/h3-5H,1-2H3. The third kappa shape index (κ3) is 1.35. The number of nitrogens with zero attached hydrogens (tertiary/aromatic N) is 2. The lowest BCUT2D eigenvalue weighted by molar-refractivity contribution is 0.101. The monoisotopic (exact) mass is 252 g/mol. The van der Waals surface area contributed by atoms with Gasteiger partial charge >= 0.3 is 0 Å². The topological polar surface area (TPSA) is 34.4 Å². The van der Waals surface area contributed by atoms with E-state index < -0.39 is 0 Å². The molecule has 0 atom stereocenters. The molecule has 0 saturated carbocycles. The number of hydrogen-bond acceptors (Lipinski definition) is 2. The molecule has 2 heterocycles. The maximum atomic E-state index is 11.2. The highest BCUT2D eigenvalue weighted by Crippen LogP contribution is 2.16. The van der Waals surface area contributed by atoms with Gasteiger partial charge in [-0.1, -0.05) is 0 Å². The van der Waals surface area contributed by atoms with Gasteiger partial charge in [0.05, 0.1) is 5.69 Å². The van der Waals surface area contributed by atoms with E-state index in [-0.39, 0.29) is 5.78 Å². The molecule has 14 heavy (non-hydrogen) atoms. The van der Waals surface area contributed by atoms with E-state index in [1.165, 1.54) is 6.92 Å². The van der Waals surface area contributed by atoms with E-state index >= 15 is 0 Å². The Hall–Kier alpha value is -1.16. The van der Waals surface area contributed by atoms with Crippen LogP contribution in [0.5, 0.6) is 0 Å². The normalized spacial score (nSPS) is 10.8. The van der Waals surface area contributed by atoms with E-state index in [0.717, 1.165) is 15.8 Å². The molecule has 0 unspecified atom stereocenters. The Morgan fingerprint density at radius 2 is 2.21 bits per heavy atom. The number of carbonyl (C=O) groups is 1. The number of rotatable bonds is 1. The Morgan fingerprint density at radius 3 is 2.86 bits per heavy atom. The SMILES string of the molecule is CC(=O)c1nc2ccc(Br)cn2c1C. The van der Waals surface area contributed by atoms with E-state index in [2.05, 4.69) is 20.9 Å². The molecule has 0 aromatic carbocycles. The molecule has 0 saturated heterocycles. The first-order valence-electron chi connectivity index (χ1n) is 4.25. The van der Waals surface area contributed by atoms with Crippen molar-refractivity contribution >= 4 is 27.4 Å². The largest absolute Gasteiger partial charge is 0.302 e. The second kappa shape index (κ2) is 3.20. The van der Waals surface area contributed by atoms with Gasteiger partial charge in [0.15, 0.2) is 5.78 Å². The first-order chi connectivity index (χ1) is 6.59. The number of ketones is 1. The summed E-state index contributed by atoms with van der Waals surface area (Å²) in [6, 6.07) is 3.79. The Kier molecular flexibility index (Phi) is 2.15. The third-order valence-corrected chi connectivity index (χ3v) is 2.62. The summed E-state index contributed by atoms with van der Waals surface area (Å²) < 4.78 is 2.88. The fourth-order valence-electron chi connectivity index (χ4n) is 1.47. The average molecular weight is 253 g/mol. The van der Waals surface area contributed by atoms with Gasteiger partial charge in [0.2, 0.25) is 0 Å². The number of fused-ring (bicyclic) bond motifs is 1. The summed E-state index contributed by atoms with van der Waals surface area (Å²) in [5, 5.41) is 0. The average Bonchev–Trinajstić information content (AvgIpc) is 2.44. The summed E-state index contributed by atoms with van der Waals surface area (Å²) in [5.41, 5.74) is 2.23. The van der Waals surface area contributed by atoms with Crippen molar-refractivity contribution in [3.8, 4) is 0 Å². The van der Waals surface area contributed by atoms with Gasteiger partial charge in [0.25, 0.3) is 0 Å². The maximum Gasteiger partial charge on any atom is 0.179 e. The summed E-state index contributed by atoms with van der Waals surface area (Å²) in [4.78, 5) is 15.5. The second-order valence-electron chi connectivity index (χ2n) is 3.18. The molecule has 0 aliphatic heterocycles. The zero-order chi connectivity index (χ0) is 10.3. The quantitative estimate of drug-likeness (QED) is 0.732. The van der Waals surface area contributed by atoms with Crippen molar-refractivity contribution in [2.75, 3.05) is 0 Å². The molecule has 3 nitrogen and oxygen atoms in total. The van der Waals surface area contributed by atoms with E-state index in [1.807, 2.05) is 29.7 Å². The van der Waals surface area contributed by atoms with Gasteiger partial charge < -0.3 is 4.40 Å². The van der Waals surface area contributed by atoms with Crippen LogP contribution in [-0.4, -0.2) is 15.2 Å². The van der Waals surface area contributed by atoms with Crippen molar-refractivity contribution in [1.29, 1.82) is 0 Å². The van der Waals surface area contributed by atoms with Gasteiger partial charge in [-0.05, 0) is 35.0 Å². The highest BCUT2D eigenvalue weighted by atomic mass is 79.9. The van der Waals surface area contributed by atoms with E-state index in [0.29, 0.717) is 5.69 Å². The van der Waals surface area contributed by atoms with Crippen LogP contribution in [0, 0.1) is 6.92 Å². The molecular weight excluding hydrogens is 244 g/mol. The van der Waals surface area contributed by atoms with Gasteiger partial charge in [-0.15, -0.1) is 0 Å². The van der Waals surface area contributed by atoms with Gasteiger partial charge in [-0.2, -0.15) is 0 Å². The fourth-order valence-corrected chi connectivity index (χ4v) is 1.81. The minimum Gasteiger partial charge on any atom is -0.302 e. The van der Waals surface area contributed by atoms with Crippen LogP contribution >= 0.6 is 15.9 Å². The Labute approximate surface area is 89.9 Å². The van der Waals surface area contributed by atoms with Crippen LogP contribution in [0.4, 0.5) is 0 Å². The molecule has 0 N–H and O–H groups in total. The number of pyridine rings is 1. The molecule has 2 aromatic rings. The summed E-state index contributed by atoms with van der Waals surface area (Å²) in [6.45, 7) is 3.42. The second-order valence-corrected chi connectivity index (χ2v) is 4.09. The van der Waals surface area contributed by atoms with Crippen molar-refractivity contribution in [3.05, 3.63) is 34.2 Å². The highest BCUT2D eigenvalue weighted by molar-refractivity contribution is 9.10. The zero-order valence-corrected chi connectivity index (χ0v) is 9.50. The molecule has 0 spiro atoms. The number of hydrogen-bond donors (Lipinski definition) is 0. The van der Waals surface area contributed by atoms with Crippen LogP contribution in [0.3, 0.4) is 0 Å². The number of aromatic nitrogens is 2. The minimum absolute atomic E-state index is 0.00215. The lowest BCUT2D eigenvalue weighted by Gasteiger charge is -1.96. The molecule has 2 rings (SSSR count). The molecule has 0 aliphatic carbocycles. The predicted molar refractivity (Wildman–Crippen MR) is 57.6 cm³/mol. The van der Waals surface area contributed by atoms with E-state index in [4.69, 9.17) is 0 Å². The van der Waals surface area contributed by atoms with Gasteiger partial charge in [-0.3, -0.25) is 4.79 Å². The minimum atomic E-state index is 0.00215. The summed E-state index contributed by atoms with van der Waals surface area (Å²) in [7, 11) is 0. The molecule has 72 valence electrons. The lowest BCUT2D eigenvalue weighted by Crippen LogP contribution is -1.95. The zero-order valence-electron chi connectivity index (χ0n) is 7.91. The fraction of sp³-hybridized carbons (Fsp3) is 0.200. The highest BCUT2D eigenvalue weighted by Gasteiger charge is 2.11. The molecule has 0 radical (unpaired) electrons. The summed E-state index contributed by atoms with van der Waals surface area (Å²) in [6.07, 6.45) is 1.91. The predicted octanol–water partition coefficient (Wildman–Crippen LogP) is 2.61. The molecule has 0 fully saturated rings. The molecule has 0 amide bonds. The van der Waals surface area contributed by atoms with Gasteiger partial charge in [-0.25, -0.2) is 4.98 Å². The van der Waals surface area contributed by atoms with Crippen molar-refractivity contribution in [2.45, 2.75) is 13.8 Å². The Bertz CT molecular complexity index is 516. The number of halogens is 1. The van der Waals surface area contributed by atoms with Crippen molar-refractivity contribution in [3.63, 3.8) is 0 Å². The Balaban J connectivity index is 2.80. The summed E-state index contributed by atoms with van der Waals surface area (Å²) in [5.74, 6) is 0.00215. The van der Waals surface area contributed by atoms with Crippen molar-refractivity contribution < 1.29 is 4.79 Å². The number of imidazole rings is 1. The molecule has 0 aliphatic rings. The van der Waals surface area contributed by atoms with Crippen molar-refractivity contribution in [2.24, 2.45) is 0 Å². The number of carbonyl (C=O) groups excluding carboxylic acids is 1. The van der Waals surface area contributed by atoms with Gasteiger partial charge in [0, 0.05) is 17.6 Å². The van der Waals surface area contributed by atoms with Crippen LogP contribution in [-0.2, 0) is 0 Å². The summed E-state index contributed by atoms with van der Waals surface area (Å²) >= 11 is 3.38. The van der Waals surface area contributed by atoms with Crippen LogP contribution in [0.15, 0.2) is 22.8 Å². The lowest BCUT2D eigenvalue weighted by atomic mass is 10.3. The third-order valence-electron chi connectivity index (χ3n) is 2.15. The smallest absolute Gasteiger partial charge is 0.179 e. The number of aryl methyl sites for hydroxylation is 1. The van der Waals surface area contributed by atoms with Crippen LogP contribution in [0.1, 0.15) is 23.1 Å². The van der Waals surface area contributed by atoms with Gasteiger partial charge in [0.1, 0.15) is 11.3 Å². The molecule has 0 bridgehead atoms. The Morgan fingerprint density at radius 1 is 1.50 bits per heavy atom. The first kappa shape index (κ1) is 9.40. The van der Waals surface area contributed by atoms with Crippen LogP contribution in [0.2, 0.25) is 0 Å². The molecular formula is C10H9BrN2O. The van der Waals surface area contributed by atoms with Crippen LogP contribution in [0.25, 0.3) is 5.65 Å². The molecule has 4 heteroatoms. The molecule has 2 aromatic heterocycles.